The first kappa shape index (κ1) is 18.4. The van der Waals surface area contributed by atoms with Gasteiger partial charge in [-0.2, -0.15) is 0 Å². The number of hydrogen-bond donors (Lipinski definition) is 2. The third-order valence-electron chi connectivity index (χ3n) is 4.17. The quantitative estimate of drug-likeness (QED) is 0.892. The second kappa shape index (κ2) is 7.28. The fourth-order valence-corrected chi connectivity index (χ4v) is 2.92. The fraction of sp³-hybridized carbons (Fsp3) is 0.667. The lowest BCUT2D eigenvalue weighted by Gasteiger charge is -2.34. The van der Waals surface area contributed by atoms with Crippen LogP contribution in [0.25, 0.3) is 0 Å². The smallest absolute Gasteiger partial charge is 0.317 e. The fourth-order valence-electron chi connectivity index (χ4n) is 2.92. The van der Waals surface area contributed by atoms with Gasteiger partial charge in [0, 0.05) is 36.9 Å². The van der Waals surface area contributed by atoms with Crippen molar-refractivity contribution in [3.63, 3.8) is 0 Å². The average Bonchev–Trinajstić information content (AvgIpc) is 2.96. The van der Waals surface area contributed by atoms with Gasteiger partial charge in [0.25, 0.3) is 5.91 Å². The monoisotopic (exact) mass is 334 g/mol. The van der Waals surface area contributed by atoms with E-state index in [9.17, 15) is 9.59 Å². The van der Waals surface area contributed by atoms with E-state index in [0.29, 0.717) is 18.8 Å². The van der Waals surface area contributed by atoms with Crippen LogP contribution in [0.15, 0.2) is 18.3 Å². The van der Waals surface area contributed by atoms with Crippen molar-refractivity contribution in [3.8, 4) is 0 Å². The third-order valence-corrected chi connectivity index (χ3v) is 4.17. The Hall–Kier alpha value is -1.98. The minimum absolute atomic E-state index is 0.0269. The molecule has 0 saturated carbocycles. The summed E-state index contributed by atoms with van der Waals surface area (Å²) in [5, 5.41) is 6.09. The van der Waals surface area contributed by atoms with E-state index < -0.39 is 0 Å². The first-order valence-electron chi connectivity index (χ1n) is 8.72. The number of carbonyl (C=O) groups is 2. The molecule has 3 amide bonds. The normalized spacial score (nSPS) is 16.3. The molecule has 1 aromatic rings. The van der Waals surface area contributed by atoms with Crippen molar-refractivity contribution in [1.82, 2.24) is 20.1 Å². The molecule has 2 N–H and O–H groups in total. The Bertz CT molecular complexity index is 578. The van der Waals surface area contributed by atoms with Gasteiger partial charge < -0.3 is 20.1 Å². The zero-order chi connectivity index (χ0) is 17.9. The van der Waals surface area contributed by atoms with E-state index >= 15 is 0 Å². The molecule has 1 aliphatic rings. The summed E-state index contributed by atoms with van der Waals surface area (Å²) in [6, 6.07) is 4.09. The molecule has 0 unspecified atom stereocenters. The van der Waals surface area contributed by atoms with Crippen molar-refractivity contribution in [1.29, 1.82) is 0 Å². The first-order valence-corrected chi connectivity index (χ1v) is 8.72. The van der Waals surface area contributed by atoms with Crippen molar-refractivity contribution >= 4 is 11.9 Å². The number of urea groups is 1. The lowest BCUT2D eigenvalue weighted by Crippen LogP contribution is -2.53. The van der Waals surface area contributed by atoms with E-state index in [1.54, 1.807) is 0 Å². The highest BCUT2D eigenvalue weighted by atomic mass is 16.2. The summed E-state index contributed by atoms with van der Waals surface area (Å²) in [5.74, 6) is -0.0358. The van der Waals surface area contributed by atoms with Gasteiger partial charge in [-0.25, -0.2) is 4.79 Å². The third kappa shape index (κ3) is 4.76. The predicted octanol–water partition coefficient (Wildman–Crippen LogP) is 2.77. The summed E-state index contributed by atoms with van der Waals surface area (Å²) < 4.78 is 1.97. The van der Waals surface area contributed by atoms with Crippen LogP contribution in [0, 0.1) is 0 Å². The number of nitrogens with one attached hydrogen (secondary N) is 2. The van der Waals surface area contributed by atoms with Crippen LogP contribution in [0.2, 0.25) is 0 Å². The number of aromatic nitrogens is 1. The second-order valence-electron chi connectivity index (χ2n) is 7.81. The number of amides is 3. The summed E-state index contributed by atoms with van der Waals surface area (Å²) in [6.07, 6.45) is 3.50. The second-order valence-corrected chi connectivity index (χ2v) is 7.81. The Labute approximate surface area is 144 Å². The van der Waals surface area contributed by atoms with Crippen LogP contribution in [0.3, 0.4) is 0 Å². The van der Waals surface area contributed by atoms with E-state index in [1.165, 1.54) is 0 Å². The van der Waals surface area contributed by atoms with Crippen LogP contribution in [-0.4, -0.2) is 46.1 Å². The van der Waals surface area contributed by atoms with Gasteiger partial charge in [-0.3, -0.25) is 4.79 Å². The van der Waals surface area contributed by atoms with Crippen LogP contribution in [0.5, 0.6) is 0 Å². The van der Waals surface area contributed by atoms with Crippen molar-refractivity contribution in [2.45, 2.75) is 65.1 Å². The molecule has 6 heteroatoms. The standard InChI is InChI=1S/C18H30N4O2/c1-13(2)22-10-6-7-15(22)16(23)19-14-8-11-21(12-9-14)17(24)20-18(3,4)5/h6-7,10,13-14H,8-9,11-12H2,1-5H3,(H,19,23)(H,20,24). The van der Waals surface area contributed by atoms with Crippen LogP contribution >= 0.6 is 0 Å². The van der Waals surface area contributed by atoms with E-state index in [4.69, 9.17) is 0 Å². The van der Waals surface area contributed by atoms with Crippen LogP contribution in [-0.2, 0) is 0 Å². The van der Waals surface area contributed by atoms with Crippen LogP contribution in [0.1, 0.15) is 64.0 Å². The highest BCUT2D eigenvalue weighted by Gasteiger charge is 2.26. The summed E-state index contributed by atoms with van der Waals surface area (Å²) in [5.41, 5.74) is 0.461. The Balaban J connectivity index is 1.86. The summed E-state index contributed by atoms with van der Waals surface area (Å²) >= 11 is 0. The van der Waals surface area contributed by atoms with E-state index in [1.807, 2.05) is 48.6 Å². The van der Waals surface area contributed by atoms with Crippen molar-refractivity contribution in [3.05, 3.63) is 24.0 Å². The Morgan fingerprint density at radius 2 is 1.83 bits per heavy atom. The van der Waals surface area contributed by atoms with Gasteiger partial charge in [0.05, 0.1) is 0 Å². The number of rotatable bonds is 3. The average molecular weight is 334 g/mol. The number of piperidine rings is 1. The molecule has 1 saturated heterocycles. The molecule has 1 fully saturated rings. The molecule has 0 aromatic carbocycles. The predicted molar refractivity (Wildman–Crippen MR) is 95.2 cm³/mol. The molecule has 0 bridgehead atoms. The summed E-state index contributed by atoms with van der Waals surface area (Å²) in [4.78, 5) is 26.5. The van der Waals surface area contributed by atoms with Gasteiger partial charge in [0.1, 0.15) is 5.69 Å². The molecule has 0 atom stereocenters. The van der Waals surface area contributed by atoms with Gasteiger partial charge in [-0.05, 0) is 59.6 Å². The van der Waals surface area contributed by atoms with E-state index in [0.717, 1.165) is 12.8 Å². The molecule has 2 heterocycles. The molecule has 0 aliphatic carbocycles. The molecule has 1 aliphatic heterocycles. The van der Waals surface area contributed by atoms with E-state index in [2.05, 4.69) is 24.5 Å². The molecule has 6 nitrogen and oxygen atoms in total. The maximum absolute atomic E-state index is 12.5. The van der Waals surface area contributed by atoms with Crippen molar-refractivity contribution in [2.75, 3.05) is 13.1 Å². The minimum atomic E-state index is -0.232. The number of likely N-dealkylation sites (tertiary alicyclic amines) is 1. The maximum Gasteiger partial charge on any atom is 0.317 e. The van der Waals surface area contributed by atoms with Crippen molar-refractivity contribution in [2.24, 2.45) is 0 Å². The van der Waals surface area contributed by atoms with Crippen molar-refractivity contribution < 1.29 is 9.59 Å². The molecule has 1 aromatic heterocycles. The molecular formula is C18H30N4O2. The van der Waals surface area contributed by atoms with Gasteiger partial charge in [-0.15, -0.1) is 0 Å². The molecule has 24 heavy (non-hydrogen) atoms. The van der Waals surface area contributed by atoms with Gasteiger partial charge >= 0.3 is 6.03 Å². The van der Waals surface area contributed by atoms with Crippen LogP contribution in [0.4, 0.5) is 4.79 Å². The highest BCUT2D eigenvalue weighted by Crippen LogP contribution is 2.15. The SMILES string of the molecule is CC(C)n1cccc1C(=O)NC1CCN(C(=O)NC(C)(C)C)CC1. The number of nitrogens with zero attached hydrogens (tertiary/aromatic N) is 2. The Kier molecular flexibility index (Phi) is 5.57. The van der Waals surface area contributed by atoms with Gasteiger partial charge in [0.15, 0.2) is 0 Å². The number of carbonyl (C=O) groups excluding carboxylic acids is 2. The maximum atomic E-state index is 12.5. The molecule has 0 radical (unpaired) electrons. The zero-order valence-corrected chi connectivity index (χ0v) is 15.4. The van der Waals surface area contributed by atoms with E-state index in [-0.39, 0.29) is 29.6 Å². The summed E-state index contributed by atoms with van der Waals surface area (Å²) in [6.45, 7) is 11.4. The first-order chi connectivity index (χ1) is 11.2. The molecule has 0 spiro atoms. The number of hydrogen-bond acceptors (Lipinski definition) is 2. The van der Waals surface area contributed by atoms with Gasteiger partial charge in [0.2, 0.25) is 0 Å². The Morgan fingerprint density at radius 3 is 2.38 bits per heavy atom. The molecule has 2 rings (SSSR count). The lowest BCUT2D eigenvalue weighted by atomic mass is 10.0. The zero-order valence-electron chi connectivity index (χ0n) is 15.4. The Morgan fingerprint density at radius 1 is 1.21 bits per heavy atom. The molecular weight excluding hydrogens is 304 g/mol. The largest absolute Gasteiger partial charge is 0.348 e. The van der Waals surface area contributed by atoms with Gasteiger partial charge in [-0.1, -0.05) is 0 Å². The topological polar surface area (TPSA) is 66.4 Å². The lowest BCUT2D eigenvalue weighted by molar-refractivity contribution is 0.0906. The highest BCUT2D eigenvalue weighted by molar-refractivity contribution is 5.93. The summed E-state index contributed by atoms with van der Waals surface area (Å²) in [7, 11) is 0. The minimum Gasteiger partial charge on any atom is -0.348 e. The molecule has 134 valence electrons. The van der Waals surface area contributed by atoms with Crippen LogP contribution < -0.4 is 10.6 Å².